The van der Waals surface area contributed by atoms with E-state index in [1.54, 1.807) is 0 Å². The Morgan fingerprint density at radius 1 is 1.17 bits per heavy atom. The standard InChI is InChI=1S/C14H25F2NO/c15-14(16)6-1-3-13(9-14)10-17-7-2-8-18-11-12-4-5-12/h12-13,17H,1-11H2. The van der Waals surface area contributed by atoms with Crippen LogP contribution in [0.2, 0.25) is 0 Å². The fourth-order valence-electron chi connectivity index (χ4n) is 2.59. The summed E-state index contributed by atoms with van der Waals surface area (Å²) in [6.07, 6.45) is 5.40. The Balaban J connectivity index is 1.42. The molecule has 0 aromatic carbocycles. The summed E-state index contributed by atoms with van der Waals surface area (Å²) in [6, 6.07) is 0. The average Bonchev–Trinajstić information content (AvgIpc) is 3.10. The van der Waals surface area contributed by atoms with Crippen LogP contribution in [0.3, 0.4) is 0 Å². The van der Waals surface area contributed by atoms with Crippen molar-refractivity contribution in [1.82, 2.24) is 5.32 Å². The number of ether oxygens (including phenoxy) is 1. The first-order valence-corrected chi connectivity index (χ1v) is 7.32. The van der Waals surface area contributed by atoms with Gasteiger partial charge in [0.25, 0.3) is 0 Å². The van der Waals surface area contributed by atoms with Crippen LogP contribution in [0, 0.1) is 11.8 Å². The SMILES string of the molecule is FC1(F)CCCC(CNCCCOCC2CC2)C1. The third kappa shape index (κ3) is 5.61. The third-order valence-electron chi connectivity index (χ3n) is 3.87. The van der Waals surface area contributed by atoms with E-state index in [4.69, 9.17) is 4.74 Å². The highest BCUT2D eigenvalue weighted by atomic mass is 19.3. The number of alkyl halides is 2. The van der Waals surface area contributed by atoms with Crippen LogP contribution < -0.4 is 5.32 Å². The van der Waals surface area contributed by atoms with Gasteiger partial charge in [-0.05, 0) is 57.0 Å². The van der Waals surface area contributed by atoms with Gasteiger partial charge in [-0.2, -0.15) is 0 Å². The van der Waals surface area contributed by atoms with Crippen molar-refractivity contribution in [2.75, 3.05) is 26.3 Å². The fraction of sp³-hybridized carbons (Fsp3) is 1.00. The van der Waals surface area contributed by atoms with E-state index in [9.17, 15) is 8.78 Å². The molecule has 1 unspecified atom stereocenters. The van der Waals surface area contributed by atoms with Crippen LogP contribution in [0.1, 0.15) is 44.9 Å². The second kappa shape index (κ2) is 6.80. The van der Waals surface area contributed by atoms with Gasteiger partial charge >= 0.3 is 0 Å². The van der Waals surface area contributed by atoms with Gasteiger partial charge in [0.05, 0.1) is 0 Å². The molecule has 1 N–H and O–H groups in total. The van der Waals surface area contributed by atoms with E-state index in [2.05, 4.69) is 5.32 Å². The normalized spacial score (nSPS) is 27.3. The van der Waals surface area contributed by atoms with Crippen LogP contribution in [-0.4, -0.2) is 32.2 Å². The molecule has 0 aromatic heterocycles. The zero-order valence-electron chi connectivity index (χ0n) is 11.1. The van der Waals surface area contributed by atoms with Crippen molar-refractivity contribution >= 4 is 0 Å². The molecule has 2 aliphatic carbocycles. The van der Waals surface area contributed by atoms with E-state index in [1.165, 1.54) is 12.8 Å². The first-order chi connectivity index (χ1) is 8.66. The summed E-state index contributed by atoms with van der Waals surface area (Å²) < 4.78 is 31.9. The van der Waals surface area contributed by atoms with Crippen LogP contribution >= 0.6 is 0 Å². The van der Waals surface area contributed by atoms with Crippen LogP contribution in [-0.2, 0) is 4.74 Å². The summed E-state index contributed by atoms with van der Waals surface area (Å²) in [4.78, 5) is 0. The molecule has 0 spiro atoms. The lowest BCUT2D eigenvalue weighted by atomic mass is 9.86. The summed E-state index contributed by atoms with van der Waals surface area (Å²) in [5.41, 5.74) is 0. The van der Waals surface area contributed by atoms with Crippen molar-refractivity contribution in [3.8, 4) is 0 Å². The molecule has 2 aliphatic rings. The fourth-order valence-corrected chi connectivity index (χ4v) is 2.59. The molecule has 2 fully saturated rings. The number of hydrogen-bond acceptors (Lipinski definition) is 2. The summed E-state index contributed by atoms with van der Waals surface area (Å²) in [5, 5.41) is 3.28. The molecule has 1 atom stereocenters. The van der Waals surface area contributed by atoms with Gasteiger partial charge in [0.1, 0.15) is 0 Å². The summed E-state index contributed by atoms with van der Waals surface area (Å²) in [6.45, 7) is 3.32. The zero-order valence-corrected chi connectivity index (χ0v) is 11.1. The van der Waals surface area contributed by atoms with Crippen molar-refractivity contribution in [2.24, 2.45) is 11.8 Å². The molecule has 2 rings (SSSR count). The van der Waals surface area contributed by atoms with E-state index >= 15 is 0 Å². The van der Waals surface area contributed by atoms with Crippen molar-refractivity contribution in [2.45, 2.75) is 50.9 Å². The molecule has 0 aliphatic heterocycles. The van der Waals surface area contributed by atoms with Crippen LogP contribution in [0.5, 0.6) is 0 Å². The molecule has 4 heteroatoms. The molecule has 0 amide bonds. The molecule has 2 nitrogen and oxygen atoms in total. The Morgan fingerprint density at radius 2 is 2.00 bits per heavy atom. The minimum absolute atomic E-state index is 0.0676. The third-order valence-corrected chi connectivity index (χ3v) is 3.87. The van der Waals surface area contributed by atoms with E-state index in [0.717, 1.165) is 45.1 Å². The molecule has 0 saturated heterocycles. The molecule has 2 saturated carbocycles. The zero-order chi connectivity index (χ0) is 12.8. The average molecular weight is 261 g/mol. The Morgan fingerprint density at radius 3 is 2.72 bits per heavy atom. The van der Waals surface area contributed by atoms with E-state index in [-0.39, 0.29) is 18.8 Å². The second-order valence-corrected chi connectivity index (χ2v) is 5.89. The maximum atomic E-state index is 13.2. The minimum Gasteiger partial charge on any atom is -0.381 e. The van der Waals surface area contributed by atoms with Gasteiger partial charge in [0, 0.05) is 26.1 Å². The second-order valence-electron chi connectivity index (χ2n) is 5.89. The van der Waals surface area contributed by atoms with Gasteiger partial charge in [-0.15, -0.1) is 0 Å². The summed E-state index contributed by atoms with van der Waals surface area (Å²) >= 11 is 0. The van der Waals surface area contributed by atoms with Crippen molar-refractivity contribution in [3.05, 3.63) is 0 Å². The van der Waals surface area contributed by atoms with E-state index in [1.807, 2.05) is 0 Å². The largest absolute Gasteiger partial charge is 0.381 e. The molecule has 0 heterocycles. The van der Waals surface area contributed by atoms with Gasteiger partial charge in [0.15, 0.2) is 0 Å². The van der Waals surface area contributed by atoms with Gasteiger partial charge in [0.2, 0.25) is 5.92 Å². The minimum atomic E-state index is -2.42. The molecule has 0 bridgehead atoms. The van der Waals surface area contributed by atoms with Crippen molar-refractivity contribution in [3.63, 3.8) is 0 Å². The van der Waals surface area contributed by atoms with Crippen LogP contribution in [0.25, 0.3) is 0 Å². The van der Waals surface area contributed by atoms with Gasteiger partial charge < -0.3 is 10.1 Å². The number of hydrogen-bond donors (Lipinski definition) is 1. The van der Waals surface area contributed by atoms with E-state index in [0.29, 0.717) is 6.42 Å². The number of halogens is 2. The predicted octanol–water partition coefficient (Wildman–Crippen LogP) is 3.22. The molecule has 0 radical (unpaired) electrons. The van der Waals surface area contributed by atoms with Gasteiger partial charge in [-0.25, -0.2) is 8.78 Å². The first kappa shape index (κ1) is 14.2. The molecule has 18 heavy (non-hydrogen) atoms. The lowest BCUT2D eigenvalue weighted by Gasteiger charge is -2.29. The molecular weight excluding hydrogens is 236 g/mol. The number of nitrogens with one attached hydrogen (secondary N) is 1. The topological polar surface area (TPSA) is 21.3 Å². The highest BCUT2D eigenvalue weighted by molar-refractivity contribution is 4.79. The monoisotopic (exact) mass is 261 g/mol. The Bertz CT molecular complexity index is 244. The highest BCUT2D eigenvalue weighted by Crippen LogP contribution is 2.36. The van der Waals surface area contributed by atoms with Crippen LogP contribution in [0.4, 0.5) is 8.78 Å². The highest BCUT2D eigenvalue weighted by Gasteiger charge is 2.35. The number of rotatable bonds is 8. The Kier molecular flexibility index (Phi) is 5.37. The molecule has 106 valence electrons. The van der Waals surface area contributed by atoms with E-state index < -0.39 is 5.92 Å². The lowest BCUT2D eigenvalue weighted by molar-refractivity contribution is -0.0520. The predicted molar refractivity (Wildman–Crippen MR) is 67.9 cm³/mol. The smallest absolute Gasteiger partial charge is 0.248 e. The van der Waals surface area contributed by atoms with Gasteiger partial charge in [-0.1, -0.05) is 0 Å². The molecular formula is C14H25F2NO. The maximum Gasteiger partial charge on any atom is 0.248 e. The first-order valence-electron chi connectivity index (χ1n) is 7.32. The molecule has 0 aromatic rings. The summed E-state index contributed by atoms with van der Waals surface area (Å²) in [7, 11) is 0. The van der Waals surface area contributed by atoms with Crippen LogP contribution in [0.15, 0.2) is 0 Å². The van der Waals surface area contributed by atoms with Crippen molar-refractivity contribution in [1.29, 1.82) is 0 Å². The Labute approximate surface area is 108 Å². The van der Waals surface area contributed by atoms with Crippen molar-refractivity contribution < 1.29 is 13.5 Å². The lowest BCUT2D eigenvalue weighted by Crippen LogP contribution is -2.33. The summed E-state index contributed by atoms with van der Waals surface area (Å²) in [5.74, 6) is -1.44. The Hall–Kier alpha value is -0.220. The van der Waals surface area contributed by atoms with Gasteiger partial charge in [-0.3, -0.25) is 0 Å². The quantitative estimate of drug-likeness (QED) is 0.677. The maximum absolute atomic E-state index is 13.2.